The fraction of sp³-hybridized carbons (Fsp3) is 0.875. The highest BCUT2D eigenvalue weighted by molar-refractivity contribution is 5.77. The van der Waals surface area contributed by atoms with Gasteiger partial charge in [-0.05, 0) is 26.2 Å². The van der Waals surface area contributed by atoms with Crippen LogP contribution in [0, 0.1) is 0 Å². The topological polar surface area (TPSA) is 32.3 Å². The van der Waals surface area contributed by atoms with Crippen molar-refractivity contribution >= 4 is 6.03 Å². The molecule has 1 atom stereocenters. The highest BCUT2D eigenvalue weighted by Gasteiger charge is 2.35. The maximum Gasteiger partial charge on any atom is 0.318 e. The van der Waals surface area contributed by atoms with Crippen LogP contribution in [0.2, 0.25) is 0 Å². The quantitative estimate of drug-likeness (QED) is 0.599. The van der Waals surface area contributed by atoms with Gasteiger partial charge in [0, 0.05) is 18.6 Å². The Bertz CT molecular complexity index is 177. The molecule has 0 radical (unpaired) electrons. The first-order chi connectivity index (χ1) is 5.29. The average molecular weight is 154 g/mol. The fourth-order valence-electron chi connectivity index (χ4n) is 1.82. The van der Waals surface area contributed by atoms with E-state index in [0.717, 1.165) is 6.54 Å². The molecule has 0 spiro atoms. The minimum atomic E-state index is 0.141. The number of hydrogen-bond donors (Lipinski definition) is 1. The lowest BCUT2D eigenvalue weighted by molar-refractivity contribution is 0.138. The zero-order valence-corrected chi connectivity index (χ0v) is 6.84. The third-order valence-corrected chi connectivity index (χ3v) is 2.73. The molecule has 2 aliphatic rings. The molecular formula is C8H14N2O. The molecule has 2 fully saturated rings. The number of nitrogens with zero attached hydrogens (tertiary/aromatic N) is 1. The van der Waals surface area contributed by atoms with Gasteiger partial charge < -0.3 is 10.2 Å². The minimum Gasteiger partial charge on any atom is -0.336 e. The van der Waals surface area contributed by atoms with Crippen LogP contribution in [0.3, 0.4) is 0 Å². The summed E-state index contributed by atoms with van der Waals surface area (Å²) in [5.74, 6) is 0. The maximum atomic E-state index is 11.2. The van der Waals surface area contributed by atoms with Crippen molar-refractivity contribution in [1.82, 2.24) is 10.2 Å². The number of rotatable bonds is 1. The molecule has 3 nitrogen and oxygen atoms in total. The summed E-state index contributed by atoms with van der Waals surface area (Å²) in [4.78, 5) is 13.2. The van der Waals surface area contributed by atoms with E-state index in [1.54, 1.807) is 0 Å². The van der Waals surface area contributed by atoms with Gasteiger partial charge in [-0.2, -0.15) is 0 Å². The Morgan fingerprint density at radius 2 is 2.27 bits per heavy atom. The van der Waals surface area contributed by atoms with Crippen molar-refractivity contribution in [2.75, 3.05) is 6.54 Å². The van der Waals surface area contributed by atoms with Crippen LogP contribution in [-0.4, -0.2) is 29.6 Å². The molecule has 0 aromatic heterocycles. The highest BCUT2D eigenvalue weighted by Crippen LogP contribution is 2.27. The number of hydrogen-bond acceptors (Lipinski definition) is 1. The number of amides is 2. The van der Waals surface area contributed by atoms with E-state index in [2.05, 4.69) is 12.2 Å². The summed E-state index contributed by atoms with van der Waals surface area (Å²) < 4.78 is 0. The van der Waals surface area contributed by atoms with E-state index < -0.39 is 0 Å². The molecule has 0 bridgehead atoms. The predicted molar refractivity (Wildman–Crippen MR) is 42.3 cm³/mol. The van der Waals surface area contributed by atoms with Crippen LogP contribution in [0.25, 0.3) is 0 Å². The molecule has 1 aliphatic heterocycles. The minimum absolute atomic E-state index is 0.141. The lowest BCUT2D eigenvalue weighted by Gasteiger charge is -2.36. The molecule has 1 saturated carbocycles. The molecule has 1 aliphatic carbocycles. The van der Waals surface area contributed by atoms with E-state index in [0.29, 0.717) is 12.1 Å². The second kappa shape index (κ2) is 2.40. The average Bonchev–Trinajstić information content (AvgIpc) is 2.15. The summed E-state index contributed by atoms with van der Waals surface area (Å²) >= 11 is 0. The Balaban J connectivity index is 2.03. The van der Waals surface area contributed by atoms with Crippen molar-refractivity contribution < 1.29 is 4.79 Å². The number of urea groups is 1. The molecular weight excluding hydrogens is 140 g/mol. The molecule has 2 amide bonds. The standard InChI is InChI=1S/C8H14N2O/c1-6-5-9-8(11)10(6)7-3-2-4-7/h6-7H,2-5H2,1H3,(H,9,11)/t6-/m1/s1. The molecule has 1 N–H and O–H groups in total. The van der Waals surface area contributed by atoms with Crippen LogP contribution >= 0.6 is 0 Å². The summed E-state index contributed by atoms with van der Waals surface area (Å²) in [5.41, 5.74) is 0. The van der Waals surface area contributed by atoms with Gasteiger partial charge >= 0.3 is 6.03 Å². The SMILES string of the molecule is C[C@@H]1CNC(=O)N1C1CCC1. The van der Waals surface area contributed by atoms with Crippen LogP contribution in [0.15, 0.2) is 0 Å². The number of carbonyl (C=O) groups is 1. The highest BCUT2D eigenvalue weighted by atomic mass is 16.2. The van der Waals surface area contributed by atoms with E-state index in [9.17, 15) is 4.79 Å². The van der Waals surface area contributed by atoms with Crippen LogP contribution < -0.4 is 5.32 Å². The number of nitrogens with one attached hydrogen (secondary N) is 1. The molecule has 0 aromatic carbocycles. The Kier molecular flexibility index (Phi) is 1.51. The Morgan fingerprint density at radius 3 is 2.64 bits per heavy atom. The first-order valence-corrected chi connectivity index (χ1v) is 4.35. The second-order valence-corrected chi connectivity index (χ2v) is 3.53. The number of carbonyl (C=O) groups excluding carboxylic acids is 1. The lowest BCUT2D eigenvalue weighted by atomic mass is 9.91. The van der Waals surface area contributed by atoms with Gasteiger partial charge in [-0.1, -0.05) is 0 Å². The van der Waals surface area contributed by atoms with E-state index in [4.69, 9.17) is 0 Å². The molecule has 1 heterocycles. The third kappa shape index (κ3) is 0.988. The first-order valence-electron chi connectivity index (χ1n) is 4.35. The summed E-state index contributed by atoms with van der Waals surface area (Å²) in [7, 11) is 0. The second-order valence-electron chi connectivity index (χ2n) is 3.53. The van der Waals surface area contributed by atoms with Crippen molar-refractivity contribution in [3.05, 3.63) is 0 Å². The molecule has 3 heteroatoms. The summed E-state index contributed by atoms with van der Waals surface area (Å²) in [6.45, 7) is 2.94. The van der Waals surface area contributed by atoms with Gasteiger partial charge in [0.05, 0.1) is 0 Å². The van der Waals surface area contributed by atoms with E-state index in [-0.39, 0.29) is 6.03 Å². The van der Waals surface area contributed by atoms with Crippen molar-refractivity contribution in [1.29, 1.82) is 0 Å². The Labute approximate surface area is 66.8 Å². The Morgan fingerprint density at radius 1 is 1.55 bits per heavy atom. The Hall–Kier alpha value is -0.730. The van der Waals surface area contributed by atoms with Crippen LogP contribution in [0.4, 0.5) is 4.79 Å². The molecule has 62 valence electrons. The lowest BCUT2D eigenvalue weighted by Crippen LogP contribution is -2.45. The zero-order valence-electron chi connectivity index (χ0n) is 6.84. The monoisotopic (exact) mass is 154 g/mol. The first kappa shape index (κ1) is 6.95. The van der Waals surface area contributed by atoms with Crippen molar-refractivity contribution in [3.8, 4) is 0 Å². The molecule has 0 unspecified atom stereocenters. The zero-order chi connectivity index (χ0) is 7.84. The van der Waals surface area contributed by atoms with Gasteiger partial charge in [-0.3, -0.25) is 0 Å². The van der Waals surface area contributed by atoms with E-state index in [1.807, 2.05) is 4.90 Å². The summed E-state index contributed by atoms with van der Waals surface area (Å²) in [6.07, 6.45) is 3.71. The molecule has 1 saturated heterocycles. The van der Waals surface area contributed by atoms with Crippen LogP contribution in [0.1, 0.15) is 26.2 Å². The summed E-state index contributed by atoms with van der Waals surface area (Å²) in [5, 5.41) is 2.86. The van der Waals surface area contributed by atoms with Crippen molar-refractivity contribution in [3.63, 3.8) is 0 Å². The maximum absolute atomic E-state index is 11.2. The van der Waals surface area contributed by atoms with Crippen molar-refractivity contribution in [2.24, 2.45) is 0 Å². The summed E-state index contributed by atoms with van der Waals surface area (Å²) in [6, 6.07) is 1.10. The normalized spacial score (nSPS) is 31.9. The predicted octanol–water partition coefficient (Wildman–Crippen LogP) is 0.953. The molecule has 0 aromatic rings. The van der Waals surface area contributed by atoms with E-state index >= 15 is 0 Å². The van der Waals surface area contributed by atoms with Crippen molar-refractivity contribution in [2.45, 2.75) is 38.3 Å². The molecule has 11 heavy (non-hydrogen) atoms. The van der Waals surface area contributed by atoms with Gasteiger partial charge in [0.15, 0.2) is 0 Å². The smallest absolute Gasteiger partial charge is 0.318 e. The van der Waals surface area contributed by atoms with Crippen LogP contribution in [-0.2, 0) is 0 Å². The van der Waals surface area contributed by atoms with Gasteiger partial charge in [0.1, 0.15) is 0 Å². The van der Waals surface area contributed by atoms with Gasteiger partial charge in [0.25, 0.3) is 0 Å². The van der Waals surface area contributed by atoms with Crippen LogP contribution in [0.5, 0.6) is 0 Å². The van der Waals surface area contributed by atoms with Gasteiger partial charge in [0.2, 0.25) is 0 Å². The largest absolute Gasteiger partial charge is 0.336 e. The van der Waals surface area contributed by atoms with Gasteiger partial charge in [-0.15, -0.1) is 0 Å². The fourth-order valence-corrected chi connectivity index (χ4v) is 1.82. The third-order valence-electron chi connectivity index (χ3n) is 2.73. The molecule has 2 rings (SSSR count). The van der Waals surface area contributed by atoms with Gasteiger partial charge in [-0.25, -0.2) is 4.79 Å². The van der Waals surface area contributed by atoms with E-state index in [1.165, 1.54) is 19.3 Å².